The predicted octanol–water partition coefficient (Wildman–Crippen LogP) is 3.98. The predicted molar refractivity (Wildman–Crippen MR) is 78.5 cm³/mol. The van der Waals surface area contributed by atoms with Gasteiger partial charge in [-0.25, -0.2) is 0 Å². The summed E-state index contributed by atoms with van der Waals surface area (Å²) in [5, 5.41) is 0. The van der Waals surface area contributed by atoms with Crippen LogP contribution in [-0.4, -0.2) is 22.6 Å². The van der Waals surface area contributed by atoms with E-state index in [1.807, 2.05) is 24.3 Å². The van der Waals surface area contributed by atoms with Crippen LogP contribution in [0, 0.1) is 0 Å². The lowest BCUT2D eigenvalue weighted by atomic mass is 10.1. The second kappa shape index (κ2) is 6.01. The molecule has 17 heavy (non-hydrogen) atoms. The van der Waals surface area contributed by atoms with Gasteiger partial charge in [-0.2, -0.15) is 0 Å². The van der Waals surface area contributed by atoms with Crippen LogP contribution in [0.15, 0.2) is 24.3 Å². The molecule has 4 heteroatoms. The molecule has 1 heterocycles. The molecule has 0 aromatic heterocycles. The summed E-state index contributed by atoms with van der Waals surface area (Å²) >= 11 is 6.46. The Hall–Kier alpha value is -0.350. The fourth-order valence-corrected chi connectivity index (χ4v) is 2.64. The molecule has 1 aliphatic heterocycles. The van der Waals surface area contributed by atoms with Crippen molar-refractivity contribution in [3.8, 4) is 0 Å². The van der Waals surface area contributed by atoms with E-state index in [0.717, 1.165) is 18.7 Å². The van der Waals surface area contributed by atoms with E-state index in [1.54, 1.807) is 0 Å². The minimum atomic E-state index is -0.296. The van der Waals surface area contributed by atoms with Crippen molar-refractivity contribution in [1.29, 1.82) is 0 Å². The number of carbonyl (C=O) groups is 1. The first kappa shape index (κ1) is 13.1. The Balaban J connectivity index is 2.09. The number of benzene rings is 1. The minimum absolute atomic E-state index is 0.0650. The van der Waals surface area contributed by atoms with Crippen LogP contribution in [0.2, 0.25) is 0 Å². The van der Waals surface area contributed by atoms with Crippen LogP contribution in [0.4, 0.5) is 5.69 Å². The zero-order chi connectivity index (χ0) is 12.3. The van der Waals surface area contributed by atoms with Crippen molar-refractivity contribution in [2.24, 2.45) is 0 Å². The number of rotatable bonds is 3. The Morgan fingerprint density at radius 3 is 2.18 bits per heavy atom. The van der Waals surface area contributed by atoms with E-state index in [2.05, 4.69) is 36.8 Å². The number of piperidine rings is 1. The molecule has 0 saturated carbocycles. The minimum Gasteiger partial charge on any atom is -0.372 e. The highest BCUT2D eigenvalue weighted by atomic mass is 79.9. The number of ketones is 1. The van der Waals surface area contributed by atoms with Crippen LogP contribution in [0.25, 0.3) is 0 Å². The van der Waals surface area contributed by atoms with Gasteiger partial charge in [0.2, 0.25) is 0 Å². The molecule has 2 nitrogen and oxygen atoms in total. The van der Waals surface area contributed by atoms with Gasteiger partial charge in [0, 0.05) is 24.3 Å². The van der Waals surface area contributed by atoms with Crippen LogP contribution in [0.5, 0.6) is 0 Å². The van der Waals surface area contributed by atoms with Crippen LogP contribution >= 0.6 is 31.9 Å². The van der Waals surface area contributed by atoms with E-state index in [-0.39, 0.29) is 9.52 Å². The third kappa shape index (κ3) is 3.32. The SMILES string of the molecule is O=C(c1ccc(N2CCCCC2)cc1)C(Br)Br. The van der Waals surface area contributed by atoms with E-state index < -0.39 is 0 Å². The van der Waals surface area contributed by atoms with Crippen molar-refractivity contribution in [3.05, 3.63) is 29.8 Å². The van der Waals surface area contributed by atoms with Gasteiger partial charge in [-0.15, -0.1) is 0 Å². The third-order valence-electron chi connectivity index (χ3n) is 3.07. The topological polar surface area (TPSA) is 20.3 Å². The zero-order valence-corrected chi connectivity index (χ0v) is 12.7. The highest BCUT2D eigenvalue weighted by Gasteiger charge is 2.15. The van der Waals surface area contributed by atoms with Gasteiger partial charge in [0.15, 0.2) is 5.78 Å². The Kier molecular flexibility index (Phi) is 4.62. The number of alkyl halides is 2. The van der Waals surface area contributed by atoms with Crippen molar-refractivity contribution in [3.63, 3.8) is 0 Å². The van der Waals surface area contributed by atoms with E-state index >= 15 is 0 Å². The van der Waals surface area contributed by atoms with Gasteiger partial charge in [-0.3, -0.25) is 4.79 Å². The molecule has 1 fully saturated rings. The summed E-state index contributed by atoms with van der Waals surface area (Å²) < 4.78 is -0.296. The molecule has 2 rings (SSSR count). The number of anilines is 1. The first-order valence-electron chi connectivity index (χ1n) is 5.86. The number of halogens is 2. The van der Waals surface area contributed by atoms with E-state index in [0.29, 0.717) is 0 Å². The summed E-state index contributed by atoms with van der Waals surface area (Å²) in [6.45, 7) is 2.26. The highest BCUT2D eigenvalue weighted by molar-refractivity contribution is 9.25. The number of hydrogen-bond donors (Lipinski definition) is 0. The Labute approximate surface area is 119 Å². The monoisotopic (exact) mass is 359 g/mol. The highest BCUT2D eigenvalue weighted by Crippen LogP contribution is 2.22. The lowest BCUT2D eigenvalue weighted by Crippen LogP contribution is -2.29. The van der Waals surface area contributed by atoms with Gasteiger partial charge >= 0.3 is 0 Å². The molecule has 0 spiro atoms. The van der Waals surface area contributed by atoms with Crippen LogP contribution in [0.3, 0.4) is 0 Å². The van der Waals surface area contributed by atoms with Crippen molar-refractivity contribution in [1.82, 2.24) is 0 Å². The zero-order valence-electron chi connectivity index (χ0n) is 9.53. The maximum Gasteiger partial charge on any atom is 0.187 e. The van der Waals surface area contributed by atoms with Gasteiger partial charge < -0.3 is 4.90 Å². The average molecular weight is 361 g/mol. The van der Waals surface area contributed by atoms with Crippen molar-refractivity contribution >= 4 is 43.3 Å². The van der Waals surface area contributed by atoms with E-state index in [4.69, 9.17) is 0 Å². The lowest BCUT2D eigenvalue weighted by molar-refractivity contribution is 0.101. The molecule has 0 N–H and O–H groups in total. The van der Waals surface area contributed by atoms with E-state index in [9.17, 15) is 4.79 Å². The smallest absolute Gasteiger partial charge is 0.187 e. The Morgan fingerprint density at radius 2 is 1.65 bits per heavy atom. The second-order valence-electron chi connectivity index (χ2n) is 4.26. The van der Waals surface area contributed by atoms with Gasteiger partial charge in [-0.05, 0) is 43.5 Å². The fourth-order valence-electron chi connectivity index (χ4n) is 2.11. The fraction of sp³-hybridized carbons (Fsp3) is 0.462. The maximum absolute atomic E-state index is 11.7. The first-order valence-corrected chi connectivity index (χ1v) is 7.69. The molecular weight excluding hydrogens is 346 g/mol. The largest absolute Gasteiger partial charge is 0.372 e. The molecule has 1 aromatic rings. The molecule has 0 radical (unpaired) electrons. The quantitative estimate of drug-likeness (QED) is 0.600. The van der Waals surface area contributed by atoms with Crippen molar-refractivity contribution in [2.45, 2.75) is 23.0 Å². The lowest BCUT2D eigenvalue weighted by Gasteiger charge is -2.28. The van der Waals surface area contributed by atoms with Crippen LogP contribution in [-0.2, 0) is 0 Å². The van der Waals surface area contributed by atoms with Crippen molar-refractivity contribution < 1.29 is 4.79 Å². The van der Waals surface area contributed by atoms with Gasteiger partial charge in [0.25, 0.3) is 0 Å². The van der Waals surface area contributed by atoms with E-state index in [1.165, 1.54) is 24.9 Å². The summed E-state index contributed by atoms with van der Waals surface area (Å²) in [5.41, 5.74) is 1.96. The molecular formula is C13H15Br2NO. The summed E-state index contributed by atoms with van der Waals surface area (Å²) in [6, 6.07) is 7.89. The number of Topliss-reactive ketones (excluding diaryl/α,β-unsaturated/α-hetero) is 1. The summed E-state index contributed by atoms with van der Waals surface area (Å²) in [5.74, 6) is 0.0650. The van der Waals surface area contributed by atoms with Crippen LogP contribution < -0.4 is 4.90 Å². The van der Waals surface area contributed by atoms with Crippen molar-refractivity contribution in [2.75, 3.05) is 18.0 Å². The summed E-state index contributed by atoms with van der Waals surface area (Å²) in [7, 11) is 0. The van der Waals surface area contributed by atoms with Gasteiger partial charge in [-0.1, -0.05) is 31.9 Å². The standard InChI is InChI=1S/C13H15Br2NO/c14-13(15)12(17)10-4-6-11(7-5-10)16-8-2-1-3-9-16/h4-7,13H,1-3,8-9H2. The van der Waals surface area contributed by atoms with Crippen LogP contribution in [0.1, 0.15) is 29.6 Å². The molecule has 0 unspecified atom stereocenters. The van der Waals surface area contributed by atoms with Gasteiger partial charge in [0.05, 0.1) is 0 Å². The molecule has 0 bridgehead atoms. The normalized spacial score (nSPS) is 16.3. The number of nitrogens with zero attached hydrogens (tertiary/aromatic N) is 1. The molecule has 1 aromatic carbocycles. The summed E-state index contributed by atoms with van der Waals surface area (Å²) in [6.07, 6.45) is 3.87. The first-order chi connectivity index (χ1) is 8.18. The average Bonchev–Trinajstić information content (AvgIpc) is 2.39. The number of carbonyl (C=O) groups excluding carboxylic acids is 1. The number of hydrogen-bond acceptors (Lipinski definition) is 2. The maximum atomic E-state index is 11.7. The third-order valence-corrected chi connectivity index (χ3v) is 3.90. The second-order valence-corrected chi connectivity index (χ2v) is 7.32. The molecule has 92 valence electrons. The molecule has 1 aliphatic rings. The molecule has 0 aliphatic carbocycles. The summed E-state index contributed by atoms with van der Waals surface area (Å²) in [4.78, 5) is 14.1. The molecule has 1 saturated heterocycles. The molecule has 0 amide bonds. The Morgan fingerprint density at radius 1 is 1.06 bits per heavy atom. The Bertz CT molecular complexity index is 383. The van der Waals surface area contributed by atoms with Gasteiger partial charge in [0.1, 0.15) is 3.74 Å². The molecule has 0 atom stereocenters.